The molecule has 0 aliphatic heterocycles. The van der Waals surface area contributed by atoms with Crippen molar-refractivity contribution in [2.75, 3.05) is 13.7 Å². The predicted molar refractivity (Wildman–Crippen MR) is 99.5 cm³/mol. The Labute approximate surface area is 149 Å². The molecular formula is C23H36O. The van der Waals surface area contributed by atoms with E-state index in [9.17, 15) is 0 Å². The number of methoxy groups -OCH3 is 1. The van der Waals surface area contributed by atoms with E-state index in [4.69, 9.17) is 11.2 Å². The third-order valence-electron chi connectivity index (χ3n) is 9.14. The quantitative estimate of drug-likeness (QED) is 0.605. The van der Waals surface area contributed by atoms with Gasteiger partial charge in [0.25, 0.3) is 0 Å². The van der Waals surface area contributed by atoms with Gasteiger partial charge in [-0.2, -0.15) is 0 Å². The van der Waals surface area contributed by atoms with Gasteiger partial charge in [-0.15, -0.1) is 12.3 Å². The van der Waals surface area contributed by atoms with Gasteiger partial charge in [-0.05, 0) is 98.2 Å². The summed E-state index contributed by atoms with van der Waals surface area (Å²) in [6.45, 7) is 3.68. The maximum atomic E-state index is 5.72. The van der Waals surface area contributed by atoms with E-state index in [0.29, 0.717) is 10.8 Å². The maximum absolute atomic E-state index is 5.72. The molecule has 0 aromatic carbocycles. The zero-order chi connectivity index (χ0) is 16.8. The molecule has 24 heavy (non-hydrogen) atoms. The molecule has 4 fully saturated rings. The molecule has 7 atom stereocenters. The summed E-state index contributed by atoms with van der Waals surface area (Å²) in [4.78, 5) is 0. The highest BCUT2D eigenvalue weighted by Crippen LogP contribution is 2.66. The van der Waals surface area contributed by atoms with Crippen LogP contribution in [-0.2, 0) is 4.74 Å². The molecule has 0 bridgehead atoms. The fraction of sp³-hybridized carbons (Fsp3) is 0.913. The minimum Gasteiger partial charge on any atom is -0.384 e. The first-order valence-electron chi connectivity index (χ1n) is 10.6. The molecular weight excluding hydrogens is 292 g/mol. The molecule has 134 valence electrons. The summed E-state index contributed by atoms with van der Waals surface area (Å²) in [6, 6.07) is 0. The zero-order valence-electron chi connectivity index (χ0n) is 15.9. The number of hydrogen-bond donors (Lipinski definition) is 0. The molecule has 4 saturated carbocycles. The van der Waals surface area contributed by atoms with Crippen LogP contribution in [-0.4, -0.2) is 13.7 Å². The van der Waals surface area contributed by atoms with E-state index >= 15 is 0 Å². The molecule has 0 N–H and O–H groups in total. The average Bonchev–Trinajstić information content (AvgIpc) is 2.99. The monoisotopic (exact) mass is 328 g/mol. The summed E-state index contributed by atoms with van der Waals surface area (Å²) in [5, 5.41) is 0. The normalized spacial score (nSPS) is 50.5. The number of hydrogen-bond acceptors (Lipinski definition) is 1. The van der Waals surface area contributed by atoms with Crippen molar-refractivity contribution < 1.29 is 4.74 Å². The van der Waals surface area contributed by atoms with Gasteiger partial charge in [0.15, 0.2) is 0 Å². The number of fused-ring (bicyclic) bond motifs is 5. The van der Waals surface area contributed by atoms with E-state index < -0.39 is 0 Å². The van der Waals surface area contributed by atoms with E-state index in [0.717, 1.165) is 42.6 Å². The summed E-state index contributed by atoms with van der Waals surface area (Å²) >= 11 is 0. The minimum atomic E-state index is 0.541. The highest BCUT2D eigenvalue weighted by Gasteiger charge is 2.58. The molecule has 0 aromatic heterocycles. The van der Waals surface area contributed by atoms with Gasteiger partial charge in [0, 0.05) is 13.5 Å². The fourth-order valence-electron chi connectivity index (χ4n) is 8.03. The molecule has 0 amide bonds. The third kappa shape index (κ3) is 2.47. The smallest absolute Gasteiger partial charge is 0.0521 e. The largest absolute Gasteiger partial charge is 0.384 e. The summed E-state index contributed by atoms with van der Waals surface area (Å²) in [5.41, 5.74) is 1.15. The van der Waals surface area contributed by atoms with Crippen molar-refractivity contribution in [2.24, 2.45) is 40.4 Å². The maximum Gasteiger partial charge on any atom is 0.0521 e. The van der Waals surface area contributed by atoms with Crippen LogP contribution >= 0.6 is 0 Å². The van der Waals surface area contributed by atoms with Crippen molar-refractivity contribution in [3.63, 3.8) is 0 Å². The first-order valence-corrected chi connectivity index (χ1v) is 10.6. The molecule has 4 aliphatic rings. The van der Waals surface area contributed by atoms with Crippen molar-refractivity contribution >= 4 is 0 Å². The van der Waals surface area contributed by atoms with E-state index in [2.05, 4.69) is 12.8 Å². The van der Waals surface area contributed by atoms with Crippen molar-refractivity contribution in [3.05, 3.63) is 0 Å². The van der Waals surface area contributed by atoms with E-state index in [1.165, 1.54) is 64.2 Å². The SMILES string of the molecule is C#CC[C@H]1CC[C@@]2(C)[C@H](CC[C@H]3[C@@H]4CCC[C@@]4(COC)CC[C@@H]32)C1. The second-order valence-electron chi connectivity index (χ2n) is 9.93. The Morgan fingerprint density at radius 3 is 2.71 bits per heavy atom. The molecule has 0 radical (unpaired) electrons. The Balaban J connectivity index is 1.55. The van der Waals surface area contributed by atoms with Crippen LogP contribution in [0.2, 0.25) is 0 Å². The lowest BCUT2D eigenvalue weighted by Gasteiger charge is -2.61. The molecule has 4 rings (SSSR count). The van der Waals surface area contributed by atoms with Crippen LogP contribution in [0, 0.1) is 52.8 Å². The van der Waals surface area contributed by atoms with E-state index in [1.807, 2.05) is 7.11 Å². The summed E-state index contributed by atoms with van der Waals surface area (Å²) in [7, 11) is 1.92. The van der Waals surface area contributed by atoms with Crippen molar-refractivity contribution in [2.45, 2.75) is 77.6 Å². The van der Waals surface area contributed by atoms with Gasteiger partial charge in [-0.3, -0.25) is 0 Å². The topological polar surface area (TPSA) is 9.23 Å². The lowest BCUT2D eigenvalue weighted by molar-refractivity contribution is -0.126. The highest BCUT2D eigenvalue weighted by atomic mass is 16.5. The van der Waals surface area contributed by atoms with Gasteiger partial charge in [0.1, 0.15) is 0 Å². The summed E-state index contributed by atoms with van der Waals surface area (Å²) in [5.74, 6) is 7.62. The molecule has 1 nitrogen and oxygen atoms in total. The van der Waals surface area contributed by atoms with Gasteiger partial charge in [-0.1, -0.05) is 13.3 Å². The van der Waals surface area contributed by atoms with Crippen LogP contribution in [0.25, 0.3) is 0 Å². The molecule has 0 aromatic rings. The van der Waals surface area contributed by atoms with Gasteiger partial charge in [-0.25, -0.2) is 0 Å². The van der Waals surface area contributed by atoms with E-state index in [1.54, 1.807) is 0 Å². The lowest BCUT2D eigenvalue weighted by atomic mass is 9.44. The van der Waals surface area contributed by atoms with Crippen LogP contribution in [0.4, 0.5) is 0 Å². The molecule has 0 unspecified atom stereocenters. The number of terminal acetylenes is 1. The van der Waals surface area contributed by atoms with Crippen molar-refractivity contribution in [3.8, 4) is 12.3 Å². The van der Waals surface area contributed by atoms with Crippen molar-refractivity contribution in [1.29, 1.82) is 0 Å². The van der Waals surface area contributed by atoms with Crippen LogP contribution in [0.5, 0.6) is 0 Å². The zero-order valence-corrected chi connectivity index (χ0v) is 15.9. The van der Waals surface area contributed by atoms with Crippen LogP contribution in [0.1, 0.15) is 77.6 Å². The van der Waals surface area contributed by atoms with Gasteiger partial charge < -0.3 is 4.74 Å². The Hall–Kier alpha value is -0.480. The first-order chi connectivity index (χ1) is 11.6. The second kappa shape index (κ2) is 6.35. The Morgan fingerprint density at radius 2 is 1.92 bits per heavy atom. The first kappa shape index (κ1) is 17.0. The Kier molecular flexibility index (Phi) is 4.49. The Morgan fingerprint density at radius 1 is 1.04 bits per heavy atom. The van der Waals surface area contributed by atoms with Crippen LogP contribution in [0.15, 0.2) is 0 Å². The van der Waals surface area contributed by atoms with Crippen molar-refractivity contribution in [1.82, 2.24) is 0 Å². The summed E-state index contributed by atoms with van der Waals surface area (Å²) < 4.78 is 5.72. The molecule has 0 spiro atoms. The van der Waals surface area contributed by atoms with Crippen LogP contribution in [0.3, 0.4) is 0 Å². The minimum absolute atomic E-state index is 0.541. The van der Waals surface area contributed by atoms with Gasteiger partial charge >= 0.3 is 0 Å². The molecule has 0 saturated heterocycles. The standard InChI is InChI=1S/C23H36O/c1-4-6-17-10-13-22(2)18(15-17)8-9-19-20(22)11-14-23(16-24-3)12-5-7-21(19)23/h1,17-21H,5-16H2,2-3H3/t17-,18+,19+,20-,21-,22-,23-/m0/s1. The average molecular weight is 329 g/mol. The lowest BCUT2D eigenvalue weighted by Crippen LogP contribution is -2.53. The van der Waals surface area contributed by atoms with Crippen LogP contribution < -0.4 is 0 Å². The summed E-state index contributed by atoms with van der Waals surface area (Å²) in [6.07, 6.45) is 21.1. The highest BCUT2D eigenvalue weighted by molar-refractivity contribution is 5.08. The second-order valence-corrected chi connectivity index (χ2v) is 9.93. The predicted octanol–water partition coefficient (Wildman–Crippen LogP) is 5.69. The molecule has 0 heterocycles. The number of rotatable bonds is 3. The van der Waals surface area contributed by atoms with Gasteiger partial charge in [0.2, 0.25) is 0 Å². The van der Waals surface area contributed by atoms with Gasteiger partial charge in [0.05, 0.1) is 6.61 Å². The third-order valence-corrected chi connectivity index (χ3v) is 9.14. The fourth-order valence-corrected chi connectivity index (χ4v) is 8.03. The van der Waals surface area contributed by atoms with E-state index in [-0.39, 0.29) is 0 Å². The number of ether oxygens (including phenoxy) is 1. The Bertz CT molecular complexity index is 505. The molecule has 1 heteroatoms. The molecule has 4 aliphatic carbocycles.